The molecule has 0 bridgehead atoms. The van der Waals surface area contributed by atoms with Crippen molar-refractivity contribution in [3.8, 4) is 0 Å². The van der Waals surface area contributed by atoms with Crippen LogP contribution in [0.3, 0.4) is 0 Å². The highest BCUT2D eigenvalue weighted by Gasteiger charge is 1.92. The highest BCUT2D eigenvalue weighted by atomic mass is 35.5. The summed E-state index contributed by atoms with van der Waals surface area (Å²) in [6, 6.07) is 0. The quantitative estimate of drug-likeness (QED) is 0.325. The molecule has 4 heteroatoms. The normalized spacial score (nSPS) is 10.1. The molecule has 22 heavy (non-hydrogen) atoms. The van der Waals surface area contributed by atoms with E-state index in [0.717, 1.165) is 0 Å². The Morgan fingerprint density at radius 2 is 0.682 bits per heavy atom. The molecule has 0 heterocycles. The predicted octanol–water partition coefficient (Wildman–Crippen LogP) is 5.73. The fourth-order valence-corrected chi connectivity index (χ4v) is 2.46. The van der Waals surface area contributed by atoms with Gasteiger partial charge in [-0.2, -0.15) is 0 Å². The number of nitrogens with one attached hydrogen (secondary N) is 2. The maximum absolute atomic E-state index is 3.56. The summed E-state index contributed by atoms with van der Waals surface area (Å²) in [7, 11) is 0. The Bertz CT molecular complexity index is 151. The van der Waals surface area contributed by atoms with Crippen LogP contribution in [0.25, 0.3) is 0 Å². The van der Waals surface area contributed by atoms with Crippen molar-refractivity contribution in [3.05, 3.63) is 0 Å². The molecule has 0 saturated heterocycles. The van der Waals surface area contributed by atoms with Crippen LogP contribution in [-0.2, 0) is 0 Å². The van der Waals surface area contributed by atoms with Gasteiger partial charge in [0.05, 0.1) is 0 Å². The zero-order chi connectivity index (χ0) is 14.7. The van der Waals surface area contributed by atoms with E-state index in [1.165, 1.54) is 103 Å². The summed E-state index contributed by atoms with van der Waals surface area (Å²) in [6.07, 6.45) is 16.5. The predicted molar refractivity (Wildman–Crippen MR) is 107 cm³/mol. The molecule has 0 aliphatic carbocycles. The average molecular weight is 357 g/mol. The summed E-state index contributed by atoms with van der Waals surface area (Å²) in [4.78, 5) is 0. The van der Waals surface area contributed by atoms with E-state index in [1.54, 1.807) is 0 Å². The van der Waals surface area contributed by atoms with Gasteiger partial charge in [-0.15, -0.1) is 24.8 Å². The smallest absolute Gasteiger partial charge is 0.00484 e. The number of rotatable bonds is 17. The average Bonchev–Trinajstić information content (AvgIpc) is 2.47. The van der Waals surface area contributed by atoms with E-state index in [4.69, 9.17) is 0 Å². The first-order valence-corrected chi connectivity index (χ1v) is 9.33. The first-order chi connectivity index (χ1) is 9.91. The van der Waals surface area contributed by atoms with Crippen molar-refractivity contribution >= 4 is 24.8 Å². The molecule has 0 radical (unpaired) electrons. The minimum atomic E-state index is 0. The summed E-state index contributed by atoms with van der Waals surface area (Å²) in [6.45, 7) is 9.38. The van der Waals surface area contributed by atoms with Crippen molar-refractivity contribution in [2.75, 3.05) is 26.2 Å². The van der Waals surface area contributed by atoms with Gasteiger partial charge >= 0.3 is 0 Å². The molecular weight excluding hydrogens is 315 g/mol. The molecule has 0 saturated carbocycles. The molecule has 0 aliphatic heterocycles. The second-order valence-electron chi connectivity index (χ2n) is 6.04. The lowest BCUT2D eigenvalue weighted by Crippen LogP contribution is -2.20. The number of unbranched alkanes of at least 4 members (excludes halogenated alkanes) is 9. The van der Waals surface area contributed by atoms with Crippen molar-refractivity contribution < 1.29 is 0 Å². The summed E-state index contributed by atoms with van der Waals surface area (Å²) in [5.74, 6) is 0. The number of hydrogen-bond donors (Lipinski definition) is 2. The maximum atomic E-state index is 3.56. The summed E-state index contributed by atoms with van der Waals surface area (Å²) in [5.41, 5.74) is 0. The van der Waals surface area contributed by atoms with Crippen LogP contribution in [0.15, 0.2) is 0 Å². The molecular formula is C18H42Cl2N2. The third-order valence-corrected chi connectivity index (χ3v) is 3.87. The first-order valence-electron chi connectivity index (χ1n) is 9.33. The Labute approximate surface area is 152 Å². The van der Waals surface area contributed by atoms with Crippen molar-refractivity contribution in [1.82, 2.24) is 10.6 Å². The molecule has 0 aromatic heterocycles. The molecule has 0 spiro atoms. The third kappa shape index (κ3) is 25.5. The standard InChI is InChI=1S/C18H40N2.2ClH/c1-3-5-7-9-11-15-19-17-13-14-18-20-16-12-10-8-6-4-2;;/h19-20H,3-18H2,1-2H3;2*1H. The first kappa shape index (κ1) is 27.4. The maximum Gasteiger partial charge on any atom is -0.00484 e. The van der Waals surface area contributed by atoms with Gasteiger partial charge in [0.2, 0.25) is 0 Å². The van der Waals surface area contributed by atoms with E-state index in [2.05, 4.69) is 24.5 Å². The fraction of sp³-hybridized carbons (Fsp3) is 1.00. The summed E-state index contributed by atoms with van der Waals surface area (Å²) in [5, 5.41) is 7.12. The van der Waals surface area contributed by atoms with Gasteiger partial charge in [0, 0.05) is 0 Å². The molecule has 0 aliphatic rings. The summed E-state index contributed by atoms with van der Waals surface area (Å²) < 4.78 is 0. The fourth-order valence-electron chi connectivity index (χ4n) is 2.46. The SMILES string of the molecule is CCCCCCCNCCCCNCCCCCCC.Cl.Cl. The second kappa shape index (κ2) is 26.4. The zero-order valence-electron chi connectivity index (χ0n) is 15.1. The van der Waals surface area contributed by atoms with E-state index in [9.17, 15) is 0 Å². The molecule has 0 atom stereocenters. The molecule has 2 nitrogen and oxygen atoms in total. The second-order valence-corrected chi connectivity index (χ2v) is 6.04. The van der Waals surface area contributed by atoms with Gasteiger partial charge in [0.25, 0.3) is 0 Å². The zero-order valence-corrected chi connectivity index (χ0v) is 16.8. The lowest BCUT2D eigenvalue weighted by molar-refractivity contribution is 0.540. The Balaban J connectivity index is -0.00000180. The van der Waals surface area contributed by atoms with Gasteiger partial charge in [0.15, 0.2) is 0 Å². The highest BCUT2D eigenvalue weighted by Crippen LogP contribution is 2.02. The van der Waals surface area contributed by atoms with E-state index in [1.807, 2.05) is 0 Å². The number of hydrogen-bond acceptors (Lipinski definition) is 2. The van der Waals surface area contributed by atoms with Gasteiger partial charge in [-0.3, -0.25) is 0 Å². The van der Waals surface area contributed by atoms with Crippen LogP contribution >= 0.6 is 24.8 Å². The lowest BCUT2D eigenvalue weighted by Gasteiger charge is -2.06. The van der Waals surface area contributed by atoms with E-state index in [-0.39, 0.29) is 24.8 Å². The molecule has 138 valence electrons. The van der Waals surface area contributed by atoms with Gasteiger partial charge in [-0.05, 0) is 51.9 Å². The van der Waals surface area contributed by atoms with Gasteiger partial charge < -0.3 is 10.6 Å². The topological polar surface area (TPSA) is 24.1 Å². The van der Waals surface area contributed by atoms with Crippen molar-refractivity contribution in [2.24, 2.45) is 0 Å². The third-order valence-electron chi connectivity index (χ3n) is 3.87. The van der Waals surface area contributed by atoms with Gasteiger partial charge in [0.1, 0.15) is 0 Å². The highest BCUT2D eigenvalue weighted by molar-refractivity contribution is 5.85. The number of halogens is 2. The van der Waals surface area contributed by atoms with Gasteiger partial charge in [-0.1, -0.05) is 65.2 Å². The van der Waals surface area contributed by atoms with Crippen LogP contribution in [0.2, 0.25) is 0 Å². The van der Waals surface area contributed by atoms with E-state index < -0.39 is 0 Å². The molecule has 0 amide bonds. The molecule has 0 rings (SSSR count). The Morgan fingerprint density at radius 1 is 0.409 bits per heavy atom. The van der Waals surface area contributed by atoms with Crippen LogP contribution in [-0.4, -0.2) is 26.2 Å². The minimum absolute atomic E-state index is 0. The van der Waals surface area contributed by atoms with Crippen LogP contribution in [0.1, 0.15) is 90.9 Å². The molecule has 0 fully saturated rings. The Kier molecular flexibility index (Phi) is 32.8. The largest absolute Gasteiger partial charge is 0.317 e. The van der Waals surface area contributed by atoms with E-state index in [0.29, 0.717) is 0 Å². The minimum Gasteiger partial charge on any atom is -0.317 e. The molecule has 0 aromatic carbocycles. The van der Waals surface area contributed by atoms with Gasteiger partial charge in [-0.25, -0.2) is 0 Å². The summed E-state index contributed by atoms with van der Waals surface area (Å²) >= 11 is 0. The molecule has 2 N–H and O–H groups in total. The van der Waals surface area contributed by atoms with Crippen molar-refractivity contribution in [3.63, 3.8) is 0 Å². The monoisotopic (exact) mass is 356 g/mol. The van der Waals surface area contributed by atoms with Crippen LogP contribution in [0.4, 0.5) is 0 Å². The van der Waals surface area contributed by atoms with Crippen LogP contribution in [0, 0.1) is 0 Å². The Morgan fingerprint density at radius 3 is 1.00 bits per heavy atom. The molecule has 0 unspecified atom stereocenters. The molecule has 0 aromatic rings. The van der Waals surface area contributed by atoms with Crippen LogP contribution in [0.5, 0.6) is 0 Å². The lowest BCUT2D eigenvalue weighted by atomic mass is 10.1. The van der Waals surface area contributed by atoms with E-state index >= 15 is 0 Å². The van der Waals surface area contributed by atoms with Crippen molar-refractivity contribution in [1.29, 1.82) is 0 Å². The van der Waals surface area contributed by atoms with Crippen molar-refractivity contribution in [2.45, 2.75) is 90.9 Å². The van der Waals surface area contributed by atoms with Crippen LogP contribution < -0.4 is 10.6 Å². The Hall–Kier alpha value is 0.500.